The third-order valence-corrected chi connectivity index (χ3v) is 2.64. The molecule has 1 aliphatic rings. The normalized spacial score (nSPS) is 16.4. The van der Waals surface area contributed by atoms with E-state index in [1.165, 1.54) is 19.2 Å². The van der Waals surface area contributed by atoms with E-state index in [1.807, 2.05) is 7.05 Å². The lowest BCUT2D eigenvalue weighted by molar-refractivity contribution is 0.759. The zero-order valence-electron chi connectivity index (χ0n) is 7.94. The minimum atomic E-state index is 0.546. The summed E-state index contributed by atoms with van der Waals surface area (Å²) < 4.78 is 1.78. The van der Waals surface area contributed by atoms with Crippen LogP contribution in [-0.4, -0.2) is 19.7 Å². The van der Waals surface area contributed by atoms with Crippen LogP contribution in [0.15, 0.2) is 6.33 Å². The number of anilines is 1. The fourth-order valence-electron chi connectivity index (χ4n) is 1.78. The zero-order valence-corrected chi connectivity index (χ0v) is 7.94. The minimum Gasteiger partial charge on any atom is -0.383 e. The molecule has 5 heteroatoms. The lowest BCUT2D eigenvalue weighted by Crippen LogP contribution is -1.95. The van der Waals surface area contributed by atoms with Gasteiger partial charge in [0.15, 0.2) is 5.65 Å². The monoisotopic (exact) mass is 189 g/mol. The van der Waals surface area contributed by atoms with Gasteiger partial charge in [0.25, 0.3) is 0 Å². The summed E-state index contributed by atoms with van der Waals surface area (Å²) in [5.74, 6) is 1.12. The van der Waals surface area contributed by atoms with Crippen LogP contribution in [0.3, 0.4) is 0 Å². The van der Waals surface area contributed by atoms with Crippen molar-refractivity contribution in [3.63, 3.8) is 0 Å². The maximum absolute atomic E-state index is 5.83. The van der Waals surface area contributed by atoms with Crippen molar-refractivity contribution in [2.24, 2.45) is 7.05 Å². The van der Waals surface area contributed by atoms with E-state index in [0.29, 0.717) is 11.7 Å². The molecule has 1 aliphatic carbocycles. The summed E-state index contributed by atoms with van der Waals surface area (Å²) >= 11 is 0. The number of nitrogen functional groups attached to an aromatic ring is 1. The standard InChI is InChI=1S/C9H11N5/c1-14-9-6(8(10)11-4-12-9)7(13-14)5-2-3-5/h4-5H,2-3H2,1H3,(H2,10,11,12). The van der Waals surface area contributed by atoms with Crippen molar-refractivity contribution in [2.75, 3.05) is 5.73 Å². The van der Waals surface area contributed by atoms with Crippen molar-refractivity contribution in [2.45, 2.75) is 18.8 Å². The summed E-state index contributed by atoms with van der Waals surface area (Å²) in [6.07, 6.45) is 3.90. The lowest BCUT2D eigenvalue weighted by Gasteiger charge is -1.95. The number of nitrogens with zero attached hydrogens (tertiary/aromatic N) is 4. The Labute approximate surface area is 81.0 Å². The molecule has 2 heterocycles. The lowest BCUT2D eigenvalue weighted by atomic mass is 10.2. The Bertz CT molecular complexity index is 497. The predicted molar refractivity (Wildman–Crippen MR) is 52.7 cm³/mol. The van der Waals surface area contributed by atoms with Gasteiger partial charge in [-0.15, -0.1) is 0 Å². The van der Waals surface area contributed by atoms with Crippen molar-refractivity contribution in [1.29, 1.82) is 0 Å². The number of hydrogen-bond acceptors (Lipinski definition) is 4. The topological polar surface area (TPSA) is 69.6 Å². The van der Waals surface area contributed by atoms with Gasteiger partial charge in [0.1, 0.15) is 12.1 Å². The van der Waals surface area contributed by atoms with Crippen LogP contribution >= 0.6 is 0 Å². The van der Waals surface area contributed by atoms with Gasteiger partial charge in [-0.3, -0.25) is 4.68 Å². The summed E-state index contributed by atoms with van der Waals surface area (Å²) in [5.41, 5.74) is 7.73. The second kappa shape index (κ2) is 2.43. The highest BCUT2D eigenvalue weighted by Crippen LogP contribution is 2.42. The number of rotatable bonds is 1. The Morgan fingerprint density at radius 1 is 1.43 bits per heavy atom. The van der Waals surface area contributed by atoms with Gasteiger partial charge in [0, 0.05) is 13.0 Å². The Kier molecular flexibility index (Phi) is 1.34. The number of hydrogen-bond donors (Lipinski definition) is 1. The smallest absolute Gasteiger partial charge is 0.163 e. The second-order valence-corrected chi connectivity index (χ2v) is 3.74. The van der Waals surface area contributed by atoms with Crippen LogP contribution in [0.25, 0.3) is 11.0 Å². The average Bonchev–Trinajstić information content (AvgIpc) is 2.94. The third-order valence-electron chi connectivity index (χ3n) is 2.64. The zero-order chi connectivity index (χ0) is 9.71. The summed E-state index contributed by atoms with van der Waals surface area (Å²) in [7, 11) is 1.89. The number of aromatic nitrogens is 4. The summed E-state index contributed by atoms with van der Waals surface area (Å²) in [5, 5.41) is 5.39. The van der Waals surface area contributed by atoms with Gasteiger partial charge in [-0.1, -0.05) is 0 Å². The summed E-state index contributed by atoms with van der Waals surface area (Å²) in [6, 6.07) is 0. The largest absolute Gasteiger partial charge is 0.383 e. The molecule has 0 saturated heterocycles. The van der Waals surface area contributed by atoms with Crippen LogP contribution in [0, 0.1) is 0 Å². The summed E-state index contributed by atoms with van der Waals surface area (Å²) in [6.45, 7) is 0. The molecule has 0 aromatic carbocycles. The van der Waals surface area contributed by atoms with Crippen LogP contribution in [0.5, 0.6) is 0 Å². The van der Waals surface area contributed by atoms with E-state index in [-0.39, 0.29) is 0 Å². The molecule has 5 nitrogen and oxygen atoms in total. The molecule has 1 saturated carbocycles. The molecule has 0 radical (unpaired) electrons. The molecule has 3 rings (SSSR count). The van der Waals surface area contributed by atoms with Crippen molar-refractivity contribution in [3.8, 4) is 0 Å². The maximum Gasteiger partial charge on any atom is 0.163 e. The van der Waals surface area contributed by atoms with Gasteiger partial charge in [0.05, 0.1) is 11.1 Å². The van der Waals surface area contributed by atoms with Crippen LogP contribution in [-0.2, 0) is 7.05 Å². The molecule has 0 atom stereocenters. The molecular formula is C9H11N5. The van der Waals surface area contributed by atoms with E-state index in [4.69, 9.17) is 5.73 Å². The highest BCUT2D eigenvalue weighted by atomic mass is 15.3. The van der Waals surface area contributed by atoms with Gasteiger partial charge in [-0.2, -0.15) is 5.10 Å². The summed E-state index contributed by atoms with van der Waals surface area (Å²) in [4.78, 5) is 8.19. The van der Waals surface area contributed by atoms with Crippen molar-refractivity contribution in [3.05, 3.63) is 12.0 Å². The highest BCUT2D eigenvalue weighted by molar-refractivity contribution is 5.88. The van der Waals surface area contributed by atoms with E-state index >= 15 is 0 Å². The Morgan fingerprint density at radius 2 is 2.21 bits per heavy atom. The first-order valence-electron chi connectivity index (χ1n) is 4.70. The maximum atomic E-state index is 5.83. The van der Waals surface area contributed by atoms with Crippen LogP contribution in [0.4, 0.5) is 5.82 Å². The first-order valence-corrected chi connectivity index (χ1v) is 4.70. The molecule has 72 valence electrons. The molecule has 2 aromatic rings. The van der Waals surface area contributed by atoms with Gasteiger partial charge >= 0.3 is 0 Å². The van der Waals surface area contributed by atoms with E-state index in [2.05, 4.69) is 15.1 Å². The third kappa shape index (κ3) is 0.921. The fraction of sp³-hybridized carbons (Fsp3) is 0.444. The van der Waals surface area contributed by atoms with Gasteiger partial charge in [0.2, 0.25) is 0 Å². The van der Waals surface area contributed by atoms with E-state index in [9.17, 15) is 0 Å². The number of fused-ring (bicyclic) bond motifs is 1. The van der Waals surface area contributed by atoms with Crippen LogP contribution < -0.4 is 5.73 Å². The minimum absolute atomic E-state index is 0.546. The van der Waals surface area contributed by atoms with E-state index < -0.39 is 0 Å². The first-order chi connectivity index (χ1) is 6.77. The molecule has 0 unspecified atom stereocenters. The Balaban J connectivity index is 2.39. The Morgan fingerprint density at radius 3 is 2.93 bits per heavy atom. The molecule has 2 N–H and O–H groups in total. The van der Waals surface area contributed by atoms with Gasteiger partial charge in [-0.05, 0) is 12.8 Å². The first kappa shape index (κ1) is 7.73. The molecule has 14 heavy (non-hydrogen) atoms. The Hall–Kier alpha value is -1.65. The number of nitrogens with two attached hydrogens (primary N) is 1. The van der Waals surface area contributed by atoms with Gasteiger partial charge < -0.3 is 5.73 Å². The molecule has 0 amide bonds. The van der Waals surface area contributed by atoms with E-state index in [1.54, 1.807) is 4.68 Å². The van der Waals surface area contributed by atoms with E-state index in [0.717, 1.165) is 16.7 Å². The quantitative estimate of drug-likeness (QED) is 0.721. The van der Waals surface area contributed by atoms with Gasteiger partial charge in [-0.25, -0.2) is 9.97 Å². The average molecular weight is 189 g/mol. The fourth-order valence-corrected chi connectivity index (χ4v) is 1.78. The van der Waals surface area contributed by atoms with Crippen LogP contribution in [0.1, 0.15) is 24.5 Å². The SMILES string of the molecule is Cn1nc(C2CC2)c2c(N)ncnc21. The molecular weight excluding hydrogens is 178 g/mol. The molecule has 1 fully saturated rings. The molecule has 0 aliphatic heterocycles. The molecule has 0 spiro atoms. The predicted octanol–water partition coefficient (Wildman–Crippen LogP) is 0.823. The molecule has 2 aromatic heterocycles. The highest BCUT2D eigenvalue weighted by Gasteiger charge is 2.30. The second-order valence-electron chi connectivity index (χ2n) is 3.74. The van der Waals surface area contributed by atoms with Crippen LogP contribution in [0.2, 0.25) is 0 Å². The van der Waals surface area contributed by atoms with Crippen molar-refractivity contribution >= 4 is 16.9 Å². The molecule has 0 bridgehead atoms. The van der Waals surface area contributed by atoms with Crippen molar-refractivity contribution in [1.82, 2.24) is 19.7 Å². The van der Waals surface area contributed by atoms with Crippen molar-refractivity contribution < 1.29 is 0 Å². The number of aryl methyl sites for hydroxylation is 1.